The van der Waals surface area contributed by atoms with E-state index in [4.69, 9.17) is 5.11 Å². The Morgan fingerprint density at radius 2 is 2.16 bits per heavy atom. The fraction of sp³-hybridized carbons (Fsp3) is 0.333. The van der Waals surface area contributed by atoms with Crippen molar-refractivity contribution in [1.82, 2.24) is 4.57 Å². The summed E-state index contributed by atoms with van der Waals surface area (Å²) in [4.78, 5) is 21.7. The van der Waals surface area contributed by atoms with E-state index in [1.54, 1.807) is 0 Å². The molecule has 0 fully saturated rings. The van der Waals surface area contributed by atoms with Crippen molar-refractivity contribution in [1.29, 1.82) is 0 Å². The van der Waals surface area contributed by atoms with Crippen molar-refractivity contribution >= 4 is 23.2 Å². The van der Waals surface area contributed by atoms with Crippen molar-refractivity contribution in [2.24, 2.45) is 7.05 Å². The average molecular weight is 259 g/mol. The zero-order valence-electron chi connectivity index (χ0n) is 11.1. The molecule has 1 heterocycles. The molecule has 0 radical (unpaired) electrons. The van der Waals surface area contributed by atoms with Crippen LogP contribution in [0.15, 0.2) is 18.2 Å². The van der Waals surface area contributed by atoms with Gasteiger partial charge in [-0.2, -0.15) is 0 Å². The molecule has 1 aromatic heterocycles. The Morgan fingerprint density at radius 3 is 2.79 bits per heavy atom. The van der Waals surface area contributed by atoms with Crippen LogP contribution in [0.1, 0.15) is 34.5 Å². The maximum Gasteiger partial charge on any atom is 0.303 e. The molecule has 0 saturated carbocycles. The van der Waals surface area contributed by atoms with Crippen LogP contribution in [0, 0.1) is 6.92 Å². The molecule has 1 N–H and O–H groups in total. The highest BCUT2D eigenvalue weighted by atomic mass is 16.4. The summed E-state index contributed by atoms with van der Waals surface area (Å²) < 4.78 is 2.07. The van der Waals surface area contributed by atoms with Gasteiger partial charge in [-0.1, -0.05) is 0 Å². The number of carboxylic acids is 1. The molecule has 0 aliphatic rings. The third kappa shape index (κ3) is 2.52. The molecule has 2 rings (SSSR count). The summed E-state index contributed by atoms with van der Waals surface area (Å²) in [6.07, 6.45) is 2.13. The van der Waals surface area contributed by atoms with Gasteiger partial charge >= 0.3 is 5.97 Å². The zero-order valence-corrected chi connectivity index (χ0v) is 11.1. The molecule has 100 valence electrons. The number of nitrogens with zero attached hydrogens (tertiary/aromatic N) is 1. The molecule has 0 saturated heterocycles. The number of carbonyl (C=O) groups is 2. The van der Waals surface area contributed by atoms with Gasteiger partial charge in [0.2, 0.25) is 0 Å². The smallest absolute Gasteiger partial charge is 0.303 e. The van der Waals surface area contributed by atoms with Crippen LogP contribution in [0.3, 0.4) is 0 Å². The van der Waals surface area contributed by atoms with E-state index < -0.39 is 5.97 Å². The van der Waals surface area contributed by atoms with Gasteiger partial charge < -0.3 is 9.67 Å². The zero-order chi connectivity index (χ0) is 14.0. The second-order valence-corrected chi connectivity index (χ2v) is 4.78. The first-order chi connectivity index (χ1) is 9.04. The average Bonchev–Trinajstić information content (AvgIpc) is 2.66. The number of aldehydes is 1. The summed E-state index contributed by atoms with van der Waals surface area (Å²) in [5.41, 5.74) is 3.81. The van der Waals surface area contributed by atoms with E-state index in [0.29, 0.717) is 18.4 Å². The van der Waals surface area contributed by atoms with Gasteiger partial charge in [0.15, 0.2) is 0 Å². The highest BCUT2D eigenvalue weighted by Crippen LogP contribution is 2.26. The van der Waals surface area contributed by atoms with Gasteiger partial charge in [-0.3, -0.25) is 9.59 Å². The molecule has 0 atom stereocenters. The Hall–Kier alpha value is -2.10. The normalized spacial score (nSPS) is 10.8. The Labute approximate surface area is 111 Å². The van der Waals surface area contributed by atoms with Gasteiger partial charge in [-0.05, 0) is 43.5 Å². The molecule has 4 heteroatoms. The van der Waals surface area contributed by atoms with Gasteiger partial charge in [0.25, 0.3) is 0 Å². The summed E-state index contributed by atoms with van der Waals surface area (Å²) in [5, 5.41) is 9.76. The maximum absolute atomic E-state index is 11.1. The predicted molar refractivity (Wildman–Crippen MR) is 73.6 cm³/mol. The first-order valence-corrected chi connectivity index (χ1v) is 6.29. The van der Waals surface area contributed by atoms with Crippen molar-refractivity contribution in [2.45, 2.75) is 26.2 Å². The van der Waals surface area contributed by atoms with Crippen molar-refractivity contribution < 1.29 is 14.7 Å². The van der Waals surface area contributed by atoms with Crippen molar-refractivity contribution in [3.63, 3.8) is 0 Å². The number of aryl methyl sites for hydroxylation is 3. The number of aliphatic carboxylic acids is 1. The first kappa shape index (κ1) is 13.3. The highest BCUT2D eigenvalue weighted by molar-refractivity contribution is 5.92. The second kappa shape index (κ2) is 5.26. The SMILES string of the molecule is Cc1cc2c(CCCC(=O)O)c(C=O)ccc2n1C. The molecule has 0 aliphatic carbocycles. The van der Waals surface area contributed by atoms with E-state index >= 15 is 0 Å². The predicted octanol–water partition coefficient (Wildman–Crippen LogP) is 2.71. The molecule has 0 amide bonds. The van der Waals surface area contributed by atoms with Crippen molar-refractivity contribution in [3.8, 4) is 0 Å². The fourth-order valence-electron chi connectivity index (χ4n) is 2.42. The largest absolute Gasteiger partial charge is 0.481 e. The summed E-state index contributed by atoms with van der Waals surface area (Å²) >= 11 is 0. The molecule has 4 nitrogen and oxygen atoms in total. The quantitative estimate of drug-likeness (QED) is 0.840. The molecule has 1 aromatic carbocycles. The third-order valence-electron chi connectivity index (χ3n) is 3.56. The molecular formula is C15H17NO3. The molecule has 19 heavy (non-hydrogen) atoms. The van der Waals surface area contributed by atoms with Crippen LogP contribution < -0.4 is 0 Å². The fourth-order valence-corrected chi connectivity index (χ4v) is 2.42. The van der Waals surface area contributed by atoms with Crippen LogP contribution in [0.5, 0.6) is 0 Å². The Morgan fingerprint density at radius 1 is 1.42 bits per heavy atom. The number of benzene rings is 1. The number of carbonyl (C=O) groups excluding carboxylic acids is 1. The highest BCUT2D eigenvalue weighted by Gasteiger charge is 2.11. The Balaban J connectivity index is 2.45. The lowest BCUT2D eigenvalue weighted by atomic mass is 9.98. The molecule has 0 aliphatic heterocycles. The summed E-state index contributed by atoms with van der Waals surface area (Å²) in [7, 11) is 1.99. The van der Waals surface area contributed by atoms with Crippen LogP contribution in [0.4, 0.5) is 0 Å². The van der Waals surface area contributed by atoms with Crippen LogP contribution >= 0.6 is 0 Å². The minimum Gasteiger partial charge on any atom is -0.481 e. The third-order valence-corrected chi connectivity index (χ3v) is 3.56. The lowest BCUT2D eigenvalue weighted by Crippen LogP contribution is -1.99. The van der Waals surface area contributed by atoms with E-state index in [9.17, 15) is 9.59 Å². The van der Waals surface area contributed by atoms with Crippen LogP contribution in [0.25, 0.3) is 10.9 Å². The molecule has 0 bridgehead atoms. The standard InChI is InChI=1S/C15H17NO3/c1-10-8-13-12(4-3-5-15(18)19)11(9-17)6-7-14(13)16(10)2/h6-9H,3-5H2,1-2H3,(H,18,19). The number of fused-ring (bicyclic) bond motifs is 1. The van der Waals surface area contributed by atoms with E-state index in [0.717, 1.165) is 28.4 Å². The lowest BCUT2D eigenvalue weighted by molar-refractivity contribution is -0.137. The van der Waals surface area contributed by atoms with E-state index in [1.165, 1.54) is 0 Å². The minimum absolute atomic E-state index is 0.125. The number of aromatic nitrogens is 1. The Bertz CT molecular complexity index is 640. The van der Waals surface area contributed by atoms with Crippen molar-refractivity contribution in [2.75, 3.05) is 0 Å². The number of hydrogen-bond acceptors (Lipinski definition) is 2. The van der Waals surface area contributed by atoms with Crippen molar-refractivity contribution in [3.05, 3.63) is 35.0 Å². The minimum atomic E-state index is -0.802. The monoisotopic (exact) mass is 259 g/mol. The first-order valence-electron chi connectivity index (χ1n) is 6.29. The number of hydrogen-bond donors (Lipinski definition) is 1. The number of carboxylic acid groups (broad SMARTS) is 1. The summed E-state index contributed by atoms with van der Waals surface area (Å²) in [5.74, 6) is -0.802. The molecular weight excluding hydrogens is 242 g/mol. The van der Waals surface area contributed by atoms with E-state index in [1.807, 2.05) is 26.1 Å². The maximum atomic E-state index is 11.1. The van der Waals surface area contributed by atoms with E-state index in [2.05, 4.69) is 10.6 Å². The molecule has 2 aromatic rings. The van der Waals surface area contributed by atoms with Crippen LogP contribution in [-0.2, 0) is 18.3 Å². The lowest BCUT2D eigenvalue weighted by Gasteiger charge is -2.07. The van der Waals surface area contributed by atoms with Gasteiger partial charge in [0, 0.05) is 35.6 Å². The summed E-state index contributed by atoms with van der Waals surface area (Å²) in [6.45, 7) is 2.02. The summed E-state index contributed by atoms with van der Waals surface area (Å²) in [6, 6.07) is 5.80. The van der Waals surface area contributed by atoms with Crippen LogP contribution in [0.2, 0.25) is 0 Å². The van der Waals surface area contributed by atoms with E-state index in [-0.39, 0.29) is 6.42 Å². The Kier molecular flexibility index (Phi) is 3.69. The second-order valence-electron chi connectivity index (χ2n) is 4.78. The van der Waals surface area contributed by atoms with Gasteiger partial charge in [-0.15, -0.1) is 0 Å². The van der Waals surface area contributed by atoms with Gasteiger partial charge in [-0.25, -0.2) is 0 Å². The van der Waals surface area contributed by atoms with Gasteiger partial charge in [0.05, 0.1) is 0 Å². The topological polar surface area (TPSA) is 59.3 Å². The molecule has 0 spiro atoms. The molecule has 0 unspecified atom stereocenters. The van der Waals surface area contributed by atoms with Gasteiger partial charge in [0.1, 0.15) is 6.29 Å². The number of rotatable bonds is 5. The van der Waals surface area contributed by atoms with Crippen LogP contribution in [-0.4, -0.2) is 21.9 Å².